The van der Waals surface area contributed by atoms with Crippen LogP contribution in [-0.2, 0) is 7.05 Å². The molecule has 114 valence electrons. The van der Waals surface area contributed by atoms with Gasteiger partial charge in [-0.15, -0.1) is 0 Å². The van der Waals surface area contributed by atoms with Gasteiger partial charge in [-0.05, 0) is 19.1 Å². The number of para-hydroxylation sites is 1. The van der Waals surface area contributed by atoms with Gasteiger partial charge in [0.15, 0.2) is 11.5 Å². The molecule has 23 heavy (non-hydrogen) atoms. The molecule has 0 amide bonds. The Morgan fingerprint density at radius 2 is 1.91 bits per heavy atom. The number of rotatable bonds is 3. The second-order valence-corrected chi connectivity index (χ2v) is 5.27. The summed E-state index contributed by atoms with van der Waals surface area (Å²) in [6.45, 7) is 2.00. The van der Waals surface area contributed by atoms with Crippen molar-refractivity contribution >= 4 is 22.7 Å². The van der Waals surface area contributed by atoms with Crippen molar-refractivity contribution in [1.29, 1.82) is 0 Å². The number of hydrogen-bond donors (Lipinski definition) is 1. The largest absolute Gasteiger partial charge is 0.323 e. The summed E-state index contributed by atoms with van der Waals surface area (Å²) in [5.41, 5.74) is 2.78. The Balaban J connectivity index is 1.79. The van der Waals surface area contributed by atoms with E-state index in [1.807, 2.05) is 55.1 Å². The Hall–Kier alpha value is -3.22. The van der Waals surface area contributed by atoms with Crippen molar-refractivity contribution in [3.63, 3.8) is 0 Å². The average molecular weight is 305 g/mol. The van der Waals surface area contributed by atoms with Crippen molar-refractivity contribution in [2.75, 3.05) is 5.32 Å². The number of benzene rings is 1. The second-order valence-electron chi connectivity index (χ2n) is 5.27. The topological polar surface area (TPSA) is 73.5 Å². The molecule has 4 aromatic rings. The number of nitrogens with zero attached hydrogens (tertiary/aromatic N) is 6. The Labute approximate surface area is 132 Å². The maximum Gasteiger partial charge on any atom is 0.168 e. The zero-order chi connectivity index (χ0) is 15.8. The summed E-state index contributed by atoms with van der Waals surface area (Å²) < 4.78 is 3.61. The zero-order valence-corrected chi connectivity index (χ0v) is 12.8. The number of hydrogen-bond acceptors (Lipinski definition) is 5. The molecule has 0 bridgehead atoms. The predicted octanol–water partition coefficient (Wildman–Crippen LogP) is 2.60. The van der Waals surface area contributed by atoms with Crippen molar-refractivity contribution in [3.05, 3.63) is 54.6 Å². The lowest BCUT2D eigenvalue weighted by Crippen LogP contribution is -2.00. The van der Waals surface area contributed by atoms with Crippen LogP contribution in [0.1, 0.15) is 5.69 Å². The summed E-state index contributed by atoms with van der Waals surface area (Å²) >= 11 is 0. The SMILES string of the molecule is Cc1cc(Nc2ncnc3c2cnn3-c2ccccc2)nn1C. The molecule has 0 radical (unpaired) electrons. The van der Waals surface area contributed by atoms with E-state index in [1.165, 1.54) is 6.33 Å². The normalized spacial score (nSPS) is 11.0. The van der Waals surface area contributed by atoms with Crippen LogP contribution in [0, 0.1) is 6.92 Å². The van der Waals surface area contributed by atoms with E-state index in [2.05, 4.69) is 25.5 Å². The fourth-order valence-electron chi connectivity index (χ4n) is 2.44. The minimum Gasteiger partial charge on any atom is -0.323 e. The Kier molecular flexibility index (Phi) is 3.04. The number of anilines is 2. The van der Waals surface area contributed by atoms with Gasteiger partial charge in [-0.3, -0.25) is 4.68 Å². The molecule has 0 saturated carbocycles. The van der Waals surface area contributed by atoms with Crippen molar-refractivity contribution in [2.24, 2.45) is 7.05 Å². The molecule has 0 saturated heterocycles. The number of fused-ring (bicyclic) bond motifs is 1. The Bertz CT molecular complexity index is 949. The molecule has 7 nitrogen and oxygen atoms in total. The first-order chi connectivity index (χ1) is 11.2. The van der Waals surface area contributed by atoms with Crippen LogP contribution in [0.5, 0.6) is 0 Å². The van der Waals surface area contributed by atoms with E-state index >= 15 is 0 Å². The van der Waals surface area contributed by atoms with Gasteiger partial charge >= 0.3 is 0 Å². The second kappa shape index (κ2) is 5.20. The van der Waals surface area contributed by atoms with E-state index in [1.54, 1.807) is 10.9 Å². The molecule has 0 aliphatic rings. The molecule has 0 aliphatic carbocycles. The van der Waals surface area contributed by atoms with Crippen LogP contribution in [0.25, 0.3) is 16.7 Å². The van der Waals surface area contributed by atoms with Gasteiger partial charge in [-0.1, -0.05) is 18.2 Å². The quantitative estimate of drug-likeness (QED) is 0.630. The fourth-order valence-corrected chi connectivity index (χ4v) is 2.44. The zero-order valence-electron chi connectivity index (χ0n) is 12.8. The third-order valence-corrected chi connectivity index (χ3v) is 3.73. The third kappa shape index (κ3) is 2.32. The third-order valence-electron chi connectivity index (χ3n) is 3.73. The number of nitrogens with one attached hydrogen (secondary N) is 1. The predicted molar refractivity (Wildman–Crippen MR) is 87.9 cm³/mol. The molecule has 0 atom stereocenters. The first-order valence-corrected chi connectivity index (χ1v) is 7.24. The van der Waals surface area contributed by atoms with E-state index < -0.39 is 0 Å². The van der Waals surface area contributed by atoms with E-state index in [4.69, 9.17) is 0 Å². The Morgan fingerprint density at radius 1 is 1.09 bits per heavy atom. The van der Waals surface area contributed by atoms with Gasteiger partial charge in [0.2, 0.25) is 0 Å². The maximum absolute atomic E-state index is 4.44. The minimum absolute atomic E-state index is 0.690. The monoisotopic (exact) mass is 305 g/mol. The Morgan fingerprint density at radius 3 is 2.65 bits per heavy atom. The highest BCUT2D eigenvalue weighted by Crippen LogP contribution is 2.24. The summed E-state index contributed by atoms with van der Waals surface area (Å²) in [7, 11) is 1.91. The molecule has 3 heterocycles. The van der Waals surface area contributed by atoms with Crippen molar-refractivity contribution < 1.29 is 0 Å². The first kappa shape index (κ1) is 13.4. The van der Waals surface area contributed by atoms with E-state index in [-0.39, 0.29) is 0 Å². The number of aryl methyl sites for hydroxylation is 2. The molecule has 4 rings (SSSR count). The smallest absolute Gasteiger partial charge is 0.168 e. The molecule has 0 unspecified atom stereocenters. The average Bonchev–Trinajstić information content (AvgIpc) is 3.13. The highest BCUT2D eigenvalue weighted by atomic mass is 15.3. The molecular formula is C16H15N7. The fraction of sp³-hybridized carbons (Fsp3) is 0.125. The molecule has 0 spiro atoms. The van der Waals surface area contributed by atoms with Gasteiger partial charge in [-0.25, -0.2) is 14.6 Å². The van der Waals surface area contributed by atoms with Crippen LogP contribution in [-0.4, -0.2) is 29.5 Å². The molecule has 0 aliphatic heterocycles. The van der Waals surface area contributed by atoms with Gasteiger partial charge in [0.25, 0.3) is 0 Å². The molecule has 1 N–H and O–H groups in total. The number of aromatic nitrogens is 6. The van der Waals surface area contributed by atoms with Crippen molar-refractivity contribution in [3.8, 4) is 5.69 Å². The van der Waals surface area contributed by atoms with E-state index in [0.29, 0.717) is 5.82 Å². The standard InChI is InChI=1S/C16H15N7/c1-11-8-14(21-22(11)2)20-15-13-9-19-23(16(13)18-10-17-15)12-6-4-3-5-7-12/h3-10H,1-2H3,(H,17,18,20,21). The lowest BCUT2D eigenvalue weighted by molar-refractivity contribution is 0.743. The molecule has 0 fully saturated rings. The maximum atomic E-state index is 4.44. The molecule has 3 aromatic heterocycles. The highest BCUT2D eigenvalue weighted by Gasteiger charge is 2.12. The first-order valence-electron chi connectivity index (χ1n) is 7.24. The van der Waals surface area contributed by atoms with Crippen molar-refractivity contribution in [1.82, 2.24) is 29.5 Å². The van der Waals surface area contributed by atoms with Crippen molar-refractivity contribution in [2.45, 2.75) is 6.92 Å². The van der Waals surface area contributed by atoms with Gasteiger partial charge in [0.1, 0.15) is 12.1 Å². The lowest BCUT2D eigenvalue weighted by Gasteiger charge is -2.04. The van der Waals surface area contributed by atoms with Gasteiger partial charge in [0.05, 0.1) is 17.3 Å². The molecular weight excluding hydrogens is 290 g/mol. The summed E-state index contributed by atoms with van der Waals surface area (Å²) in [5.74, 6) is 1.44. The van der Waals surface area contributed by atoms with E-state index in [9.17, 15) is 0 Å². The summed E-state index contributed by atoms with van der Waals surface area (Å²) in [5, 5.41) is 12.9. The molecule has 1 aromatic carbocycles. The van der Waals surface area contributed by atoms with Crippen LogP contribution in [0.2, 0.25) is 0 Å². The van der Waals surface area contributed by atoms with Gasteiger partial charge in [0, 0.05) is 18.8 Å². The van der Waals surface area contributed by atoms with Crippen LogP contribution in [0.3, 0.4) is 0 Å². The van der Waals surface area contributed by atoms with Crippen LogP contribution in [0.15, 0.2) is 48.9 Å². The van der Waals surface area contributed by atoms with Gasteiger partial charge < -0.3 is 5.32 Å². The lowest BCUT2D eigenvalue weighted by atomic mass is 10.3. The summed E-state index contributed by atoms with van der Waals surface area (Å²) in [4.78, 5) is 8.69. The highest BCUT2D eigenvalue weighted by molar-refractivity contribution is 5.88. The van der Waals surface area contributed by atoms with Crippen LogP contribution >= 0.6 is 0 Å². The van der Waals surface area contributed by atoms with E-state index in [0.717, 1.165) is 28.2 Å². The molecule has 7 heteroatoms. The summed E-state index contributed by atoms with van der Waals surface area (Å²) in [6.07, 6.45) is 3.29. The van der Waals surface area contributed by atoms with Gasteiger partial charge in [-0.2, -0.15) is 10.2 Å². The van der Waals surface area contributed by atoms with Crippen LogP contribution < -0.4 is 5.32 Å². The summed E-state index contributed by atoms with van der Waals surface area (Å²) in [6, 6.07) is 11.9. The van der Waals surface area contributed by atoms with Crippen LogP contribution in [0.4, 0.5) is 11.6 Å². The minimum atomic E-state index is 0.690.